The van der Waals surface area contributed by atoms with Crippen LogP contribution in [0.5, 0.6) is 0 Å². The van der Waals surface area contributed by atoms with Gasteiger partial charge in [0.25, 0.3) is 0 Å². The Morgan fingerprint density at radius 1 is 1.53 bits per heavy atom. The maximum Gasteiger partial charge on any atom is 0.101 e. The molecule has 0 atom stereocenters. The van der Waals surface area contributed by atoms with Crippen molar-refractivity contribution in [3.8, 4) is 6.07 Å². The van der Waals surface area contributed by atoms with Crippen LogP contribution in [0.15, 0.2) is 18.2 Å². The van der Waals surface area contributed by atoms with Crippen molar-refractivity contribution in [1.29, 1.82) is 5.26 Å². The highest BCUT2D eigenvalue weighted by Gasteiger charge is 2.29. The molecule has 1 saturated carbocycles. The molecule has 2 N–H and O–H groups in total. The average Bonchev–Trinajstić information content (AvgIpc) is 3.14. The summed E-state index contributed by atoms with van der Waals surface area (Å²) in [5.41, 5.74) is 8.01. The van der Waals surface area contributed by atoms with Crippen LogP contribution in [0.25, 0.3) is 0 Å². The maximum absolute atomic E-state index is 8.85. The number of rotatable bonds is 5. The second kappa shape index (κ2) is 5.07. The molecule has 0 saturated heterocycles. The molecule has 0 radical (unpaired) electrons. The summed E-state index contributed by atoms with van der Waals surface area (Å²) in [5.74, 6) is 0. The molecule has 1 aromatic carbocycles. The highest BCUT2D eigenvalue weighted by atomic mass is 16.5. The zero-order valence-electron chi connectivity index (χ0n) is 10.0. The molecule has 4 heteroatoms. The van der Waals surface area contributed by atoms with Crippen LogP contribution in [0.3, 0.4) is 0 Å². The Balaban J connectivity index is 2.18. The number of anilines is 2. The summed E-state index contributed by atoms with van der Waals surface area (Å²) in [5, 5.41) is 8.85. The quantitative estimate of drug-likeness (QED) is 0.784. The lowest BCUT2D eigenvalue weighted by atomic mass is 10.1. The molecule has 1 fully saturated rings. The van der Waals surface area contributed by atoms with Gasteiger partial charge in [-0.2, -0.15) is 5.26 Å². The van der Waals surface area contributed by atoms with E-state index in [1.807, 2.05) is 12.1 Å². The lowest BCUT2D eigenvalue weighted by molar-refractivity contribution is 0.205. The van der Waals surface area contributed by atoms with E-state index in [1.165, 1.54) is 12.8 Å². The fourth-order valence-corrected chi connectivity index (χ4v) is 1.93. The summed E-state index contributed by atoms with van der Waals surface area (Å²) in [6.45, 7) is 1.57. The molecular weight excluding hydrogens is 214 g/mol. The molecule has 0 unspecified atom stereocenters. The lowest BCUT2D eigenvalue weighted by Crippen LogP contribution is -2.29. The summed E-state index contributed by atoms with van der Waals surface area (Å²) in [6.07, 6.45) is 2.45. The van der Waals surface area contributed by atoms with E-state index in [0.717, 1.165) is 12.2 Å². The van der Waals surface area contributed by atoms with E-state index in [1.54, 1.807) is 13.2 Å². The molecular formula is C13H17N3O. The predicted octanol–water partition coefficient (Wildman–Crippen LogP) is 1.76. The highest BCUT2D eigenvalue weighted by molar-refractivity contribution is 5.64. The van der Waals surface area contributed by atoms with Gasteiger partial charge >= 0.3 is 0 Å². The standard InChI is InChI=1S/C13H17N3O/c1-17-7-6-16(11-4-5-11)12-3-2-10(9-14)13(15)8-12/h2-3,8,11H,4-7,15H2,1H3. The summed E-state index contributed by atoms with van der Waals surface area (Å²) >= 11 is 0. The van der Waals surface area contributed by atoms with Crippen LogP contribution in [-0.4, -0.2) is 26.3 Å². The van der Waals surface area contributed by atoms with Crippen molar-refractivity contribution in [1.82, 2.24) is 0 Å². The topological polar surface area (TPSA) is 62.3 Å². The van der Waals surface area contributed by atoms with E-state index >= 15 is 0 Å². The van der Waals surface area contributed by atoms with Gasteiger partial charge in [-0.15, -0.1) is 0 Å². The molecule has 0 aliphatic heterocycles. The number of nitrogens with zero attached hydrogens (tertiary/aromatic N) is 2. The Kier molecular flexibility index (Phi) is 3.50. The smallest absolute Gasteiger partial charge is 0.101 e. The molecule has 90 valence electrons. The second-order valence-electron chi connectivity index (χ2n) is 4.30. The molecule has 0 spiro atoms. The number of benzene rings is 1. The van der Waals surface area contributed by atoms with Crippen molar-refractivity contribution in [2.24, 2.45) is 0 Å². The third-order valence-corrected chi connectivity index (χ3v) is 3.01. The van der Waals surface area contributed by atoms with Crippen LogP contribution >= 0.6 is 0 Å². The fraction of sp³-hybridized carbons (Fsp3) is 0.462. The number of methoxy groups -OCH3 is 1. The molecule has 2 rings (SSSR count). The van der Waals surface area contributed by atoms with Gasteiger partial charge in [0.2, 0.25) is 0 Å². The number of nitrogen functional groups attached to an aromatic ring is 1. The lowest BCUT2D eigenvalue weighted by Gasteiger charge is -2.24. The van der Waals surface area contributed by atoms with E-state index in [4.69, 9.17) is 15.7 Å². The van der Waals surface area contributed by atoms with E-state index < -0.39 is 0 Å². The van der Waals surface area contributed by atoms with Crippen LogP contribution in [0.1, 0.15) is 18.4 Å². The first-order chi connectivity index (χ1) is 8.26. The van der Waals surface area contributed by atoms with Crippen molar-refractivity contribution >= 4 is 11.4 Å². The minimum Gasteiger partial charge on any atom is -0.398 e. The SMILES string of the molecule is COCCN(c1ccc(C#N)c(N)c1)C1CC1. The van der Waals surface area contributed by atoms with Crippen LogP contribution in [0.4, 0.5) is 11.4 Å². The van der Waals surface area contributed by atoms with Crippen LogP contribution in [0.2, 0.25) is 0 Å². The maximum atomic E-state index is 8.85. The van der Waals surface area contributed by atoms with E-state index in [-0.39, 0.29) is 0 Å². The summed E-state index contributed by atoms with van der Waals surface area (Å²) in [4.78, 5) is 2.31. The van der Waals surface area contributed by atoms with Crippen molar-refractivity contribution < 1.29 is 4.74 Å². The van der Waals surface area contributed by atoms with E-state index in [0.29, 0.717) is 23.9 Å². The minimum atomic E-state index is 0.538. The molecule has 1 aliphatic carbocycles. The van der Waals surface area contributed by atoms with Crippen molar-refractivity contribution in [3.05, 3.63) is 23.8 Å². The molecule has 0 bridgehead atoms. The van der Waals surface area contributed by atoms with Crippen LogP contribution in [-0.2, 0) is 4.74 Å². The van der Waals surface area contributed by atoms with E-state index in [9.17, 15) is 0 Å². The highest BCUT2D eigenvalue weighted by Crippen LogP contribution is 2.32. The van der Waals surface area contributed by atoms with Crippen molar-refractivity contribution in [3.63, 3.8) is 0 Å². The number of hydrogen-bond donors (Lipinski definition) is 1. The van der Waals surface area contributed by atoms with Gasteiger partial charge in [0.05, 0.1) is 17.9 Å². The van der Waals surface area contributed by atoms with Gasteiger partial charge in [0.1, 0.15) is 6.07 Å². The Morgan fingerprint density at radius 2 is 2.29 bits per heavy atom. The molecule has 1 aliphatic rings. The molecule has 0 amide bonds. The number of nitriles is 1. The van der Waals surface area contributed by atoms with Crippen molar-refractivity contribution in [2.45, 2.75) is 18.9 Å². The van der Waals surface area contributed by atoms with E-state index in [2.05, 4.69) is 11.0 Å². The molecule has 1 aromatic rings. The third-order valence-electron chi connectivity index (χ3n) is 3.01. The Hall–Kier alpha value is -1.73. The third kappa shape index (κ3) is 2.69. The zero-order valence-corrected chi connectivity index (χ0v) is 10.0. The summed E-state index contributed by atoms with van der Waals surface area (Å²) < 4.78 is 5.12. The predicted molar refractivity (Wildman–Crippen MR) is 67.8 cm³/mol. The Bertz CT molecular complexity index is 435. The van der Waals surface area contributed by atoms with Gasteiger partial charge in [-0.3, -0.25) is 0 Å². The second-order valence-corrected chi connectivity index (χ2v) is 4.30. The molecule has 0 aromatic heterocycles. The zero-order chi connectivity index (χ0) is 12.3. The Morgan fingerprint density at radius 3 is 2.82 bits per heavy atom. The Labute approximate surface area is 102 Å². The molecule has 17 heavy (non-hydrogen) atoms. The van der Waals surface area contributed by atoms with Gasteiger partial charge in [0, 0.05) is 25.4 Å². The van der Waals surface area contributed by atoms with Gasteiger partial charge < -0.3 is 15.4 Å². The van der Waals surface area contributed by atoms with Gasteiger partial charge in [-0.05, 0) is 31.0 Å². The fourth-order valence-electron chi connectivity index (χ4n) is 1.93. The minimum absolute atomic E-state index is 0.538. The van der Waals surface area contributed by atoms with Crippen LogP contribution in [0, 0.1) is 11.3 Å². The number of hydrogen-bond acceptors (Lipinski definition) is 4. The number of nitrogens with two attached hydrogens (primary N) is 1. The molecule has 0 heterocycles. The van der Waals surface area contributed by atoms with Gasteiger partial charge in [0.15, 0.2) is 0 Å². The van der Waals surface area contributed by atoms with Crippen LogP contribution < -0.4 is 10.6 Å². The normalized spacial score (nSPS) is 14.4. The summed E-state index contributed by atoms with van der Waals surface area (Å²) in [7, 11) is 1.71. The first-order valence-corrected chi connectivity index (χ1v) is 5.81. The van der Waals surface area contributed by atoms with Gasteiger partial charge in [-0.25, -0.2) is 0 Å². The molecule has 4 nitrogen and oxygen atoms in total. The first-order valence-electron chi connectivity index (χ1n) is 5.81. The van der Waals surface area contributed by atoms with Crippen molar-refractivity contribution in [2.75, 3.05) is 30.9 Å². The largest absolute Gasteiger partial charge is 0.398 e. The monoisotopic (exact) mass is 231 g/mol. The number of ether oxygens (including phenoxy) is 1. The first kappa shape index (κ1) is 11.7. The van der Waals surface area contributed by atoms with Gasteiger partial charge in [-0.1, -0.05) is 0 Å². The summed E-state index contributed by atoms with van der Waals surface area (Å²) in [6, 6.07) is 8.32. The average molecular weight is 231 g/mol.